The highest BCUT2D eigenvalue weighted by Crippen LogP contribution is 2.24. The molecule has 2 aromatic heterocycles. The summed E-state index contributed by atoms with van der Waals surface area (Å²) in [6, 6.07) is 7.62. The molecule has 0 bridgehead atoms. The van der Waals surface area contributed by atoms with Crippen LogP contribution in [0.5, 0.6) is 0 Å². The second-order valence-electron chi connectivity index (χ2n) is 5.72. The number of benzene rings is 1. The molecule has 1 N–H and O–H groups in total. The van der Waals surface area contributed by atoms with Crippen LogP contribution in [0.15, 0.2) is 47.4 Å². The van der Waals surface area contributed by atoms with Gasteiger partial charge in [-0.05, 0) is 29.3 Å². The van der Waals surface area contributed by atoms with E-state index in [0.717, 1.165) is 16.8 Å². The van der Waals surface area contributed by atoms with E-state index < -0.39 is 17.5 Å². The Morgan fingerprint density at radius 1 is 1.22 bits per heavy atom. The van der Waals surface area contributed by atoms with Gasteiger partial charge in [0.15, 0.2) is 0 Å². The summed E-state index contributed by atoms with van der Waals surface area (Å²) >= 11 is 5.86. The average molecular weight is 391 g/mol. The number of anilines is 1. The number of nitrogens with zero attached hydrogens (tertiary/aromatic N) is 3. The third kappa shape index (κ3) is 4.35. The van der Waals surface area contributed by atoms with Crippen molar-refractivity contribution >= 4 is 23.3 Å². The predicted molar refractivity (Wildman–Crippen MR) is 95.8 cm³/mol. The SMILES string of the molecule is Cn1nc(C(=O)Nc2ccc(Cc3cc(F)cc(F)c3Cl)cn2)ccc1=O. The number of hydrogen-bond acceptors (Lipinski definition) is 4. The molecule has 0 atom stereocenters. The number of aromatic nitrogens is 3. The number of carbonyl (C=O) groups excluding carboxylic acids is 1. The van der Waals surface area contributed by atoms with Crippen LogP contribution in [-0.2, 0) is 13.5 Å². The van der Waals surface area contributed by atoms with Crippen molar-refractivity contribution in [3.8, 4) is 0 Å². The molecule has 0 aliphatic heterocycles. The molecule has 3 rings (SSSR count). The quantitative estimate of drug-likeness (QED) is 0.695. The van der Waals surface area contributed by atoms with E-state index in [2.05, 4.69) is 15.4 Å². The first-order chi connectivity index (χ1) is 12.8. The molecule has 27 heavy (non-hydrogen) atoms. The first-order valence-electron chi connectivity index (χ1n) is 7.77. The topological polar surface area (TPSA) is 76.9 Å². The van der Waals surface area contributed by atoms with Crippen LogP contribution in [0.1, 0.15) is 21.6 Å². The number of carbonyl (C=O) groups is 1. The summed E-state index contributed by atoms with van der Waals surface area (Å²) < 4.78 is 27.9. The van der Waals surface area contributed by atoms with E-state index in [1.807, 2.05) is 0 Å². The van der Waals surface area contributed by atoms with Crippen LogP contribution in [0.25, 0.3) is 0 Å². The van der Waals surface area contributed by atoms with Crippen molar-refractivity contribution in [2.24, 2.45) is 7.05 Å². The first kappa shape index (κ1) is 18.7. The summed E-state index contributed by atoms with van der Waals surface area (Å²) in [5.41, 5.74) is 0.675. The lowest BCUT2D eigenvalue weighted by Gasteiger charge is -2.08. The van der Waals surface area contributed by atoms with Crippen LogP contribution >= 0.6 is 11.6 Å². The zero-order valence-corrected chi connectivity index (χ0v) is 14.8. The van der Waals surface area contributed by atoms with E-state index in [4.69, 9.17) is 11.6 Å². The van der Waals surface area contributed by atoms with Gasteiger partial charge in [0.2, 0.25) is 0 Å². The van der Waals surface area contributed by atoms with E-state index in [9.17, 15) is 18.4 Å². The highest BCUT2D eigenvalue weighted by molar-refractivity contribution is 6.31. The van der Waals surface area contributed by atoms with E-state index in [0.29, 0.717) is 11.1 Å². The first-order valence-corrected chi connectivity index (χ1v) is 8.15. The summed E-state index contributed by atoms with van der Waals surface area (Å²) in [5, 5.41) is 6.25. The standard InChI is InChI=1S/C18H13ClF2N4O2/c1-25-16(26)5-3-14(24-25)18(27)23-15-4-2-10(9-22-15)6-11-7-12(20)8-13(21)17(11)19/h2-5,7-9H,6H2,1H3,(H,22,23,27). The lowest BCUT2D eigenvalue weighted by Crippen LogP contribution is -2.23. The minimum absolute atomic E-state index is 0.0602. The van der Waals surface area contributed by atoms with Gasteiger partial charge in [-0.2, -0.15) is 5.10 Å². The molecule has 3 aromatic rings. The largest absolute Gasteiger partial charge is 0.305 e. The molecule has 1 amide bonds. The average Bonchev–Trinajstić information content (AvgIpc) is 2.63. The molecule has 0 fully saturated rings. The number of aryl methyl sites for hydroxylation is 1. The number of halogens is 3. The van der Waals surface area contributed by atoms with E-state index in [1.165, 1.54) is 25.4 Å². The van der Waals surface area contributed by atoms with Gasteiger partial charge in [-0.25, -0.2) is 18.4 Å². The number of nitrogens with one attached hydrogen (secondary N) is 1. The predicted octanol–water partition coefficient (Wildman–Crippen LogP) is 2.95. The Kier molecular flexibility index (Phi) is 5.27. The smallest absolute Gasteiger partial charge is 0.277 e. The van der Waals surface area contributed by atoms with Crippen molar-refractivity contribution in [2.75, 3.05) is 5.32 Å². The molecular weight excluding hydrogens is 378 g/mol. The van der Waals surface area contributed by atoms with Crippen LogP contribution in [0.2, 0.25) is 5.02 Å². The van der Waals surface area contributed by atoms with Crippen molar-refractivity contribution in [3.63, 3.8) is 0 Å². The monoisotopic (exact) mass is 390 g/mol. The van der Waals surface area contributed by atoms with Gasteiger partial charge in [-0.1, -0.05) is 17.7 Å². The minimum Gasteiger partial charge on any atom is -0.305 e. The van der Waals surface area contributed by atoms with Crippen LogP contribution in [-0.4, -0.2) is 20.7 Å². The highest BCUT2D eigenvalue weighted by Gasteiger charge is 2.12. The van der Waals surface area contributed by atoms with Crippen LogP contribution in [0.3, 0.4) is 0 Å². The lowest BCUT2D eigenvalue weighted by atomic mass is 10.1. The maximum Gasteiger partial charge on any atom is 0.277 e. The number of rotatable bonds is 4. The van der Waals surface area contributed by atoms with Gasteiger partial charge in [-0.3, -0.25) is 9.59 Å². The summed E-state index contributed by atoms with van der Waals surface area (Å²) in [4.78, 5) is 27.5. The van der Waals surface area contributed by atoms with Crippen molar-refractivity contribution in [2.45, 2.75) is 6.42 Å². The highest BCUT2D eigenvalue weighted by atomic mass is 35.5. The molecule has 6 nitrogen and oxygen atoms in total. The zero-order valence-electron chi connectivity index (χ0n) is 14.0. The second-order valence-corrected chi connectivity index (χ2v) is 6.10. The number of amides is 1. The molecule has 0 radical (unpaired) electrons. The summed E-state index contributed by atoms with van der Waals surface area (Å²) in [6.07, 6.45) is 1.64. The number of pyridine rings is 1. The Balaban J connectivity index is 1.73. The van der Waals surface area contributed by atoms with Crippen molar-refractivity contribution < 1.29 is 13.6 Å². The Bertz CT molecular complexity index is 1070. The Morgan fingerprint density at radius 2 is 2.00 bits per heavy atom. The van der Waals surface area contributed by atoms with Crippen LogP contribution in [0, 0.1) is 11.6 Å². The normalized spacial score (nSPS) is 10.7. The van der Waals surface area contributed by atoms with Crippen molar-refractivity contribution in [3.05, 3.63) is 86.4 Å². The number of hydrogen-bond donors (Lipinski definition) is 1. The molecule has 0 saturated carbocycles. The zero-order chi connectivity index (χ0) is 19.6. The van der Waals surface area contributed by atoms with E-state index in [1.54, 1.807) is 12.1 Å². The fourth-order valence-electron chi connectivity index (χ4n) is 2.36. The molecule has 0 aliphatic rings. The summed E-state index contributed by atoms with van der Waals surface area (Å²) in [6.45, 7) is 0. The Morgan fingerprint density at radius 3 is 2.67 bits per heavy atom. The molecule has 0 aliphatic carbocycles. The molecule has 0 saturated heterocycles. The molecule has 2 heterocycles. The molecule has 0 unspecified atom stereocenters. The summed E-state index contributed by atoms with van der Waals surface area (Å²) in [5.74, 6) is -1.81. The van der Waals surface area contributed by atoms with Gasteiger partial charge in [0.05, 0.1) is 5.02 Å². The second kappa shape index (κ2) is 7.63. The molecule has 138 valence electrons. The van der Waals surface area contributed by atoms with Gasteiger partial charge in [0.1, 0.15) is 23.1 Å². The van der Waals surface area contributed by atoms with Gasteiger partial charge < -0.3 is 5.32 Å². The third-order valence-corrected chi connectivity index (χ3v) is 4.15. The molecule has 9 heteroatoms. The van der Waals surface area contributed by atoms with Gasteiger partial charge >= 0.3 is 0 Å². The molecule has 0 spiro atoms. The lowest BCUT2D eigenvalue weighted by molar-refractivity contribution is 0.101. The van der Waals surface area contributed by atoms with E-state index in [-0.39, 0.29) is 28.5 Å². The minimum atomic E-state index is -0.826. The Labute approximate surface area is 157 Å². The van der Waals surface area contributed by atoms with E-state index >= 15 is 0 Å². The van der Waals surface area contributed by atoms with Crippen molar-refractivity contribution in [1.29, 1.82) is 0 Å². The molecular formula is C18H13ClF2N4O2. The van der Waals surface area contributed by atoms with Crippen LogP contribution < -0.4 is 10.9 Å². The fraction of sp³-hybridized carbons (Fsp3) is 0.111. The third-order valence-electron chi connectivity index (χ3n) is 3.72. The summed E-state index contributed by atoms with van der Waals surface area (Å²) in [7, 11) is 1.44. The maximum absolute atomic E-state index is 13.5. The van der Waals surface area contributed by atoms with Crippen molar-refractivity contribution in [1.82, 2.24) is 14.8 Å². The fourth-order valence-corrected chi connectivity index (χ4v) is 2.54. The van der Waals surface area contributed by atoms with Gasteiger partial charge in [0, 0.05) is 31.8 Å². The maximum atomic E-state index is 13.5. The Hall–Kier alpha value is -3.13. The molecule has 1 aromatic carbocycles. The van der Waals surface area contributed by atoms with Gasteiger partial charge in [-0.15, -0.1) is 0 Å². The van der Waals surface area contributed by atoms with Crippen LogP contribution in [0.4, 0.5) is 14.6 Å². The van der Waals surface area contributed by atoms with Gasteiger partial charge in [0.25, 0.3) is 11.5 Å².